The Labute approximate surface area is 269 Å². The lowest BCUT2D eigenvalue weighted by molar-refractivity contribution is -0.145. The van der Waals surface area contributed by atoms with Crippen molar-refractivity contribution in [2.45, 2.75) is 58.1 Å². The van der Waals surface area contributed by atoms with Crippen molar-refractivity contribution in [1.82, 2.24) is 20.4 Å². The summed E-state index contributed by atoms with van der Waals surface area (Å²) in [6.07, 6.45) is 3.70. The van der Waals surface area contributed by atoms with Gasteiger partial charge < -0.3 is 35.0 Å². The van der Waals surface area contributed by atoms with E-state index in [-0.39, 0.29) is 49.0 Å². The summed E-state index contributed by atoms with van der Waals surface area (Å²) in [4.78, 5) is 67.3. The van der Waals surface area contributed by atoms with Gasteiger partial charge >= 0.3 is 12.1 Å². The predicted octanol–water partition coefficient (Wildman–Crippen LogP) is 3.24. The number of carbonyl (C=O) groups excluding carboxylic acids is 5. The third kappa shape index (κ3) is 10.2. The zero-order valence-electron chi connectivity index (χ0n) is 26.3. The monoisotopic (exact) mass is 636 g/mol. The predicted molar refractivity (Wildman–Crippen MR) is 168 cm³/mol. The largest absolute Gasteiger partial charge is 0.508 e. The van der Waals surface area contributed by atoms with Crippen molar-refractivity contribution in [3.63, 3.8) is 0 Å². The highest BCUT2D eigenvalue weighted by Crippen LogP contribution is 2.24. The van der Waals surface area contributed by atoms with Crippen LogP contribution in [0.15, 0.2) is 54.6 Å². The van der Waals surface area contributed by atoms with Gasteiger partial charge in [-0.05, 0) is 74.8 Å². The summed E-state index contributed by atoms with van der Waals surface area (Å²) >= 11 is 0. The molecule has 2 fully saturated rings. The van der Waals surface area contributed by atoms with Gasteiger partial charge in [0.1, 0.15) is 18.4 Å². The van der Waals surface area contributed by atoms with Crippen LogP contribution in [0.1, 0.15) is 61.4 Å². The van der Waals surface area contributed by atoms with Gasteiger partial charge in [0.05, 0.1) is 12.5 Å². The summed E-state index contributed by atoms with van der Waals surface area (Å²) in [5.41, 5.74) is 1.18. The van der Waals surface area contributed by atoms with Gasteiger partial charge in [-0.2, -0.15) is 0 Å². The van der Waals surface area contributed by atoms with Crippen molar-refractivity contribution in [1.29, 1.82) is 0 Å². The lowest BCUT2D eigenvalue weighted by atomic mass is 9.91. The van der Waals surface area contributed by atoms with Crippen LogP contribution in [0, 0.1) is 11.8 Å². The van der Waals surface area contributed by atoms with Gasteiger partial charge in [0.2, 0.25) is 11.8 Å². The molecule has 2 aliphatic heterocycles. The van der Waals surface area contributed by atoms with Gasteiger partial charge in [-0.3, -0.25) is 14.4 Å². The van der Waals surface area contributed by atoms with E-state index < -0.39 is 23.8 Å². The van der Waals surface area contributed by atoms with Crippen LogP contribution in [-0.4, -0.2) is 90.1 Å². The van der Waals surface area contributed by atoms with E-state index in [1.165, 1.54) is 24.3 Å². The quantitative estimate of drug-likeness (QED) is 0.300. The van der Waals surface area contributed by atoms with Crippen molar-refractivity contribution in [3.8, 4) is 5.75 Å². The number of rotatable bonds is 12. The highest BCUT2D eigenvalue weighted by atomic mass is 16.6. The Bertz CT molecular complexity index is 1330. The molecule has 12 nitrogen and oxygen atoms in total. The molecule has 2 saturated heterocycles. The third-order valence-corrected chi connectivity index (χ3v) is 8.48. The molecule has 0 saturated carbocycles. The normalized spacial score (nSPS) is 17.5. The summed E-state index contributed by atoms with van der Waals surface area (Å²) in [5, 5.41) is 14.8. The Hall–Kier alpha value is -4.61. The molecule has 2 atom stereocenters. The van der Waals surface area contributed by atoms with E-state index in [0.29, 0.717) is 51.4 Å². The smallest absolute Gasteiger partial charge is 0.410 e. The van der Waals surface area contributed by atoms with Gasteiger partial charge in [-0.1, -0.05) is 30.3 Å². The number of aromatic hydroxyl groups is 1. The summed E-state index contributed by atoms with van der Waals surface area (Å²) in [5.74, 6) is -1.60. The second-order valence-corrected chi connectivity index (χ2v) is 11.8. The van der Waals surface area contributed by atoms with E-state index in [2.05, 4.69) is 10.6 Å². The number of nitrogens with one attached hydrogen (secondary N) is 2. The van der Waals surface area contributed by atoms with Crippen LogP contribution in [0.2, 0.25) is 0 Å². The van der Waals surface area contributed by atoms with Crippen LogP contribution < -0.4 is 10.6 Å². The second-order valence-electron chi connectivity index (χ2n) is 11.8. The zero-order chi connectivity index (χ0) is 32.9. The first-order valence-corrected chi connectivity index (χ1v) is 16.0. The van der Waals surface area contributed by atoms with E-state index in [4.69, 9.17) is 9.47 Å². The fraction of sp³-hybridized carbons (Fsp3) is 0.500. The zero-order valence-corrected chi connectivity index (χ0v) is 26.3. The summed E-state index contributed by atoms with van der Waals surface area (Å²) < 4.78 is 10.5. The van der Waals surface area contributed by atoms with Crippen LogP contribution in [-0.2, 0) is 30.5 Å². The molecule has 248 valence electrons. The molecule has 0 unspecified atom stereocenters. The SMILES string of the molecule is CCOC(=O)[C@H](CNC(=O)[C@@H]1CCCN(C(=O)CCC2CCN(C(=O)OCc3ccccc3)CC2)C1)NC(=O)c1ccc(O)cc1. The molecule has 2 heterocycles. The van der Waals surface area contributed by atoms with Crippen molar-refractivity contribution in [2.75, 3.05) is 39.3 Å². The van der Waals surface area contributed by atoms with Gasteiger partial charge in [0.15, 0.2) is 0 Å². The molecule has 2 aliphatic rings. The van der Waals surface area contributed by atoms with Crippen LogP contribution in [0.25, 0.3) is 0 Å². The van der Waals surface area contributed by atoms with Gasteiger partial charge in [-0.25, -0.2) is 9.59 Å². The van der Waals surface area contributed by atoms with Gasteiger partial charge in [-0.15, -0.1) is 0 Å². The fourth-order valence-corrected chi connectivity index (χ4v) is 5.76. The van der Waals surface area contributed by atoms with E-state index >= 15 is 0 Å². The van der Waals surface area contributed by atoms with Crippen LogP contribution >= 0.6 is 0 Å². The number of likely N-dealkylation sites (tertiary alicyclic amines) is 2. The van der Waals surface area contributed by atoms with Crippen molar-refractivity contribution in [3.05, 3.63) is 65.7 Å². The minimum atomic E-state index is -1.11. The molecule has 0 aromatic heterocycles. The summed E-state index contributed by atoms with van der Waals surface area (Å²) in [6, 6.07) is 14.0. The standard InChI is InChI=1S/C34H44N4O8/c1-2-45-33(43)29(36-32(42)26-11-13-28(39)14-12-26)21-35-31(41)27-9-6-18-38(22-27)30(40)15-10-24-16-19-37(20-17-24)34(44)46-23-25-7-4-3-5-8-25/h3-5,7-8,11-14,24,27,29,39H,2,6,9-10,15-23H2,1H3,(H,35,41)(H,36,42)/t27-,29+/m1/s1. The Morgan fingerprint density at radius 1 is 0.913 bits per heavy atom. The summed E-state index contributed by atoms with van der Waals surface area (Å²) in [6.45, 7) is 3.91. The number of ether oxygens (including phenoxy) is 2. The highest BCUT2D eigenvalue weighted by molar-refractivity contribution is 5.97. The number of piperidine rings is 2. The first kappa shape index (κ1) is 34.3. The number of amides is 4. The maximum absolute atomic E-state index is 13.1. The molecule has 46 heavy (non-hydrogen) atoms. The van der Waals surface area contributed by atoms with Gasteiger partial charge in [0, 0.05) is 44.7 Å². The average Bonchev–Trinajstić information content (AvgIpc) is 3.08. The lowest BCUT2D eigenvalue weighted by Gasteiger charge is -2.34. The van der Waals surface area contributed by atoms with Crippen LogP contribution in [0.3, 0.4) is 0 Å². The minimum absolute atomic E-state index is 0.00466. The molecule has 12 heteroatoms. The van der Waals surface area contributed by atoms with E-state index in [0.717, 1.165) is 24.8 Å². The Morgan fingerprint density at radius 3 is 2.33 bits per heavy atom. The Kier molecular flexibility index (Phi) is 12.8. The molecule has 4 rings (SSSR count). The number of esters is 1. The molecule has 3 N–H and O–H groups in total. The number of hydrogen-bond acceptors (Lipinski definition) is 8. The Morgan fingerprint density at radius 2 is 1.63 bits per heavy atom. The molecule has 4 amide bonds. The number of carbonyl (C=O) groups is 5. The van der Waals surface area contributed by atoms with Crippen molar-refractivity contribution < 1.29 is 38.6 Å². The van der Waals surface area contributed by atoms with E-state index in [1.807, 2.05) is 30.3 Å². The molecule has 2 aromatic rings. The molecule has 0 radical (unpaired) electrons. The maximum atomic E-state index is 13.1. The first-order chi connectivity index (χ1) is 22.2. The third-order valence-electron chi connectivity index (χ3n) is 8.48. The number of phenols is 1. The van der Waals surface area contributed by atoms with Gasteiger partial charge in [0.25, 0.3) is 5.91 Å². The molecular formula is C34H44N4O8. The number of hydrogen-bond donors (Lipinski definition) is 3. The summed E-state index contributed by atoms with van der Waals surface area (Å²) in [7, 11) is 0. The fourth-order valence-electron chi connectivity index (χ4n) is 5.76. The number of phenolic OH excluding ortho intramolecular Hbond substituents is 1. The number of benzene rings is 2. The van der Waals surface area contributed by atoms with E-state index in [1.54, 1.807) is 16.7 Å². The molecular weight excluding hydrogens is 592 g/mol. The van der Waals surface area contributed by atoms with Crippen molar-refractivity contribution in [2.24, 2.45) is 11.8 Å². The van der Waals surface area contributed by atoms with Crippen molar-refractivity contribution >= 4 is 29.8 Å². The molecule has 0 spiro atoms. The van der Waals surface area contributed by atoms with Crippen LogP contribution in [0.5, 0.6) is 5.75 Å². The first-order valence-electron chi connectivity index (χ1n) is 16.0. The topological polar surface area (TPSA) is 155 Å². The molecule has 0 aliphatic carbocycles. The molecule has 2 aromatic carbocycles. The second kappa shape index (κ2) is 17.2. The molecule has 0 bridgehead atoms. The number of nitrogens with zero attached hydrogens (tertiary/aromatic N) is 2. The lowest BCUT2D eigenvalue weighted by Crippen LogP contribution is -2.51. The average molecular weight is 637 g/mol. The maximum Gasteiger partial charge on any atom is 0.410 e. The highest BCUT2D eigenvalue weighted by Gasteiger charge is 2.31. The van der Waals surface area contributed by atoms with Crippen LogP contribution in [0.4, 0.5) is 4.79 Å². The van der Waals surface area contributed by atoms with E-state index in [9.17, 15) is 29.1 Å². The minimum Gasteiger partial charge on any atom is -0.508 e. The Balaban J connectivity index is 1.18.